The molecule has 2 rings (SSSR count). The number of benzene rings is 1. The summed E-state index contributed by atoms with van der Waals surface area (Å²) in [4.78, 5) is 25.4. The molecule has 0 bridgehead atoms. The molecule has 1 aromatic carbocycles. The summed E-state index contributed by atoms with van der Waals surface area (Å²) in [5, 5.41) is 4.12. The van der Waals surface area contributed by atoms with E-state index < -0.39 is 0 Å². The van der Waals surface area contributed by atoms with Crippen molar-refractivity contribution in [3.8, 4) is 0 Å². The van der Waals surface area contributed by atoms with Gasteiger partial charge in [0.25, 0.3) is 5.91 Å². The Labute approximate surface area is 138 Å². The summed E-state index contributed by atoms with van der Waals surface area (Å²) in [5.74, 6) is -0.208. The molecule has 1 aliphatic rings. The summed E-state index contributed by atoms with van der Waals surface area (Å²) in [5.41, 5.74) is 4.17. The summed E-state index contributed by atoms with van der Waals surface area (Å²) in [6.45, 7) is 2.56. The average Bonchev–Trinajstić information content (AvgIpc) is 2.70. The lowest BCUT2D eigenvalue weighted by Crippen LogP contribution is -2.39. The fourth-order valence-electron chi connectivity index (χ4n) is 2.38. The van der Waals surface area contributed by atoms with Gasteiger partial charge in [-0.1, -0.05) is 40.5 Å². The number of carbonyl (C=O) groups excluding carboxylic acids is 2. The zero-order chi connectivity index (χ0) is 15.9. The summed E-state index contributed by atoms with van der Waals surface area (Å²) >= 11 is 3.45. The maximum Gasteiger partial charge on any atom is 0.259 e. The number of likely N-dealkylation sites (tertiary alicyclic amines) is 1. The largest absolute Gasteiger partial charge is 0.333 e. The molecule has 0 saturated carbocycles. The second-order valence-corrected chi connectivity index (χ2v) is 6.19. The van der Waals surface area contributed by atoms with Gasteiger partial charge >= 0.3 is 0 Å². The SMILES string of the molecule is C/C(=N/NC(=O)CN1CCCCCC1=O)c1ccccc1Br. The van der Waals surface area contributed by atoms with Crippen LogP contribution in [0.25, 0.3) is 0 Å². The maximum atomic E-state index is 12.0. The van der Waals surface area contributed by atoms with Crippen molar-refractivity contribution < 1.29 is 9.59 Å². The summed E-state index contributed by atoms with van der Waals surface area (Å²) in [6.07, 6.45) is 3.45. The minimum atomic E-state index is -0.262. The van der Waals surface area contributed by atoms with Crippen molar-refractivity contribution in [1.29, 1.82) is 0 Å². The minimum Gasteiger partial charge on any atom is -0.333 e. The van der Waals surface area contributed by atoms with E-state index in [9.17, 15) is 9.59 Å². The van der Waals surface area contributed by atoms with Crippen LogP contribution in [0.2, 0.25) is 0 Å². The molecule has 1 aliphatic heterocycles. The molecule has 6 heteroatoms. The minimum absolute atomic E-state index is 0.0548. The molecule has 1 fully saturated rings. The second kappa shape index (κ2) is 8.08. The molecule has 1 heterocycles. The Morgan fingerprint density at radius 3 is 2.86 bits per heavy atom. The molecule has 0 radical (unpaired) electrons. The van der Waals surface area contributed by atoms with E-state index in [1.54, 1.807) is 4.90 Å². The predicted molar refractivity (Wildman–Crippen MR) is 89.5 cm³/mol. The first-order valence-electron chi connectivity index (χ1n) is 7.43. The fraction of sp³-hybridized carbons (Fsp3) is 0.438. The van der Waals surface area contributed by atoms with E-state index in [0.717, 1.165) is 29.3 Å². The van der Waals surface area contributed by atoms with E-state index in [0.29, 0.717) is 18.7 Å². The number of carbonyl (C=O) groups is 2. The van der Waals surface area contributed by atoms with Gasteiger partial charge in [0.05, 0.1) is 5.71 Å². The molecule has 5 nitrogen and oxygen atoms in total. The van der Waals surface area contributed by atoms with Crippen LogP contribution in [0.1, 0.15) is 38.2 Å². The molecule has 0 aliphatic carbocycles. The highest BCUT2D eigenvalue weighted by molar-refractivity contribution is 9.10. The first-order chi connectivity index (χ1) is 10.6. The molecular weight excluding hydrogens is 346 g/mol. The lowest BCUT2D eigenvalue weighted by molar-refractivity contribution is -0.135. The fourth-order valence-corrected chi connectivity index (χ4v) is 2.95. The van der Waals surface area contributed by atoms with Crippen LogP contribution in [0, 0.1) is 0 Å². The number of hydrazone groups is 1. The van der Waals surface area contributed by atoms with Gasteiger partial charge in [-0.15, -0.1) is 0 Å². The third kappa shape index (κ3) is 4.66. The smallest absolute Gasteiger partial charge is 0.259 e. The van der Waals surface area contributed by atoms with Gasteiger partial charge in [-0.05, 0) is 25.8 Å². The van der Waals surface area contributed by atoms with Crippen LogP contribution in [0.15, 0.2) is 33.8 Å². The third-order valence-corrected chi connectivity index (χ3v) is 4.31. The Kier molecular flexibility index (Phi) is 6.12. The topological polar surface area (TPSA) is 61.8 Å². The van der Waals surface area contributed by atoms with Gasteiger partial charge in [0.15, 0.2) is 0 Å². The molecular formula is C16H20BrN3O2. The van der Waals surface area contributed by atoms with E-state index in [2.05, 4.69) is 26.5 Å². The quantitative estimate of drug-likeness (QED) is 0.658. The van der Waals surface area contributed by atoms with Crippen LogP contribution in [0.5, 0.6) is 0 Å². The molecule has 0 aromatic heterocycles. The van der Waals surface area contributed by atoms with Crippen LogP contribution < -0.4 is 5.43 Å². The highest BCUT2D eigenvalue weighted by atomic mass is 79.9. The molecule has 2 amide bonds. The van der Waals surface area contributed by atoms with Crippen LogP contribution in [-0.4, -0.2) is 35.5 Å². The molecule has 1 aromatic rings. The van der Waals surface area contributed by atoms with Crippen molar-refractivity contribution in [3.63, 3.8) is 0 Å². The van der Waals surface area contributed by atoms with Gasteiger partial charge in [-0.3, -0.25) is 9.59 Å². The Balaban J connectivity index is 1.93. The summed E-state index contributed by atoms with van der Waals surface area (Å²) < 4.78 is 0.924. The number of rotatable bonds is 4. The summed E-state index contributed by atoms with van der Waals surface area (Å²) in [6, 6.07) is 7.68. The van der Waals surface area contributed by atoms with Crippen molar-refractivity contribution in [2.45, 2.75) is 32.6 Å². The number of amides is 2. The molecule has 0 spiro atoms. The van der Waals surface area contributed by atoms with Gasteiger partial charge in [-0.2, -0.15) is 5.10 Å². The highest BCUT2D eigenvalue weighted by Gasteiger charge is 2.18. The van der Waals surface area contributed by atoms with Gasteiger partial charge in [0, 0.05) is 23.0 Å². The van der Waals surface area contributed by atoms with Crippen molar-refractivity contribution in [1.82, 2.24) is 10.3 Å². The van der Waals surface area contributed by atoms with E-state index >= 15 is 0 Å². The lowest BCUT2D eigenvalue weighted by atomic mass is 10.1. The first kappa shape index (κ1) is 16.7. The number of halogens is 1. The number of hydrogen-bond donors (Lipinski definition) is 1. The second-order valence-electron chi connectivity index (χ2n) is 5.34. The summed E-state index contributed by atoms with van der Waals surface area (Å²) in [7, 11) is 0. The van der Waals surface area contributed by atoms with Gasteiger partial charge in [0.1, 0.15) is 6.54 Å². The van der Waals surface area contributed by atoms with Crippen LogP contribution in [-0.2, 0) is 9.59 Å². The highest BCUT2D eigenvalue weighted by Crippen LogP contribution is 2.16. The Hall–Kier alpha value is -1.69. The zero-order valence-electron chi connectivity index (χ0n) is 12.6. The van der Waals surface area contributed by atoms with Crippen molar-refractivity contribution >= 4 is 33.5 Å². The van der Waals surface area contributed by atoms with Gasteiger partial charge in [0.2, 0.25) is 5.91 Å². The van der Waals surface area contributed by atoms with Gasteiger partial charge in [-0.25, -0.2) is 5.43 Å². The molecule has 118 valence electrons. The van der Waals surface area contributed by atoms with Crippen LogP contribution in [0.3, 0.4) is 0 Å². The van der Waals surface area contributed by atoms with Crippen LogP contribution in [0.4, 0.5) is 0 Å². The number of nitrogens with one attached hydrogen (secondary N) is 1. The van der Waals surface area contributed by atoms with E-state index in [1.807, 2.05) is 31.2 Å². The lowest BCUT2D eigenvalue weighted by Gasteiger charge is -2.19. The molecule has 0 unspecified atom stereocenters. The standard InChI is InChI=1S/C16H20BrN3O2/c1-12(13-7-4-5-8-14(13)17)18-19-15(21)11-20-10-6-2-3-9-16(20)22/h4-5,7-8H,2-3,6,9-11H2,1H3,(H,19,21)/b18-12-. The van der Waals surface area contributed by atoms with E-state index in [4.69, 9.17) is 0 Å². The third-order valence-electron chi connectivity index (χ3n) is 3.62. The number of nitrogens with zero attached hydrogens (tertiary/aromatic N) is 2. The molecule has 0 atom stereocenters. The number of hydrogen-bond acceptors (Lipinski definition) is 3. The Morgan fingerprint density at radius 2 is 2.09 bits per heavy atom. The monoisotopic (exact) mass is 365 g/mol. The Morgan fingerprint density at radius 1 is 1.32 bits per heavy atom. The molecule has 22 heavy (non-hydrogen) atoms. The van der Waals surface area contributed by atoms with E-state index in [1.165, 1.54) is 0 Å². The zero-order valence-corrected chi connectivity index (χ0v) is 14.2. The predicted octanol–water partition coefficient (Wildman–Crippen LogP) is 2.69. The molecule has 1 N–H and O–H groups in total. The maximum absolute atomic E-state index is 12.0. The van der Waals surface area contributed by atoms with Crippen molar-refractivity contribution in [2.24, 2.45) is 5.10 Å². The van der Waals surface area contributed by atoms with Crippen molar-refractivity contribution in [2.75, 3.05) is 13.1 Å². The van der Waals surface area contributed by atoms with E-state index in [-0.39, 0.29) is 18.4 Å². The average molecular weight is 366 g/mol. The van der Waals surface area contributed by atoms with Crippen molar-refractivity contribution in [3.05, 3.63) is 34.3 Å². The molecule has 1 saturated heterocycles. The first-order valence-corrected chi connectivity index (χ1v) is 8.23. The normalized spacial score (nSPS) is 16.4. The Bertz CT molecular complexity index is 587. The van der Waals surface area contributed by atoms with Gasteiger partial charge < -0.3 is 4.90 Å². The van der Waals surface area contributed by atoms with Crippen LogP contribution >= 0.6 is 15.9 Å².